The Labute approximate surface area is 172 Å². The van der Waals surface area contributed by atoms with Gasteiger partial charge < -0.3 is 9.80 Å². The summed E-state index contributed by atoms with van der Waals surface area (Å²) in [7, 11) is 0. The number of fused-ring (bicyclic) bond motifs is 1. The van der Waals surface area contributed by atoms with Crippen molar-refractivity contribution in [2.24, 2.45) is 11.8 Å². The van der Waals surface area contributed by atoms with Gasteiger partial charge in [0.25, 0.3) is 0 Å². The van der Waals surface area contributed by atoms with E-state index in [1.165, 1.54) is 42.4 Å². The second-order valence-electron chi connectivity index (χ2n) is 8.59. The molecule has 152 valence electrons. The second kappa shape index (κ2) is 8.81. The molecule has 2 aromatic rings. The number of anilines is 1. The quantitative estimate of drug-likeness (QED) is 0.689. The van der Waals surface area contributed by atoms with Crippen LogP contribution in [0.15, 0.2) is 18.2 Å². The molecule has 2 aliphatic rings. The average molecular weight is 400 g/mol. The zero-order chi connectivity index (χ0) is 19.5. The van der Waals surface area contributed by atoms with Crippen molar-refractivity contribution in [3.8, 4) is 0 Å². The lowest BCUT2D eigenvalue weighted by molar-refractivity contribution is -0.137. The van der Waals surface area contributed by atoms with Gasteiger partial charge in [0.05, 0.1) is 10.2 Å². The molecule has 1 saturated heterocycles. The number of carbonyl (C=O) groups is 1. The van der Waals surface area contributed by atoms with E-state index in [1.54, 1.807) is 11.3 Å². The zero-order valence-corrected chi connectivity index (χ0v) is 18.1. The molecule has 1 aromatic carbocycles. The monoisotopic (exact) mass is 399 g/mol. The van der Waals surface area contributed by atoms with Gasteiger partial charge in [-0.15, -0.1) is 0 Å². The van der Waals surface area contributed by atoms with E-state index < -0.39 is 0 Å². The third-order valence-electron chi connectivity index (χ3n) is 6.63. The molecular weight excluding hydrogens is 366 g/mol. The molecule has 0 N–H and O–H groups in total. The van der Waals surface area contributed by atoms with Gasteiger partial charge in [-0.2, -0.15) is 0 Å². The minimum Gasteiger partial charge on any atom is -0.345 e. The number of carbonyl (C=O) groups excluding carboxylic acids is 1. The number of nitrogens with zero attached hydrogens (tertiary/aromatic N) is 3. The number of hydrogen-bond donors (Lipinski definition) is 0. The Hall–Kier alpha value is -1.62. The normalized spacial score (nSPS) is 23.4. The number of hydrogen-bond acceptors (Lipinski definition) is 4. The van der Waals surface area contributed by atoms with Crippen LogP contribution in [0.4, 0.5) is 5.13 Å². The van der Waals surface area contributed by atoms with Gasteiger partial charge in [-0.1, -0.05) is 49.7 Å². The fourth-order valence-electron chi connectivity index (χ4n) is 4.78. The van der Waals surface area contributed by atoms with Crippen LogP contribution in [0.2, 0.25) is 0 Å². The number of rotatable bonds is 5. The van der Waals surface area contributed by atoms with Crippen LogP contribution < -0.4 is 4.90 Å². The number of unbranched alkanes of at least 4 members (excludes halogenated alkanes) is 1. The van der Waals surface area contributed by atoms with E-state index in [0.717, 1.165) is 55.6 Å². The highest BCUT2D eigenvalue weighted by atomic mass is 32.1. The van der Waals surface area contributed by atoms with Gasteiger partial charge in [0.15, 0.2) is 5.13 Å². The van der Waals surface area contributed by atoms with Crippen molar-refractivity contribution in [2.45, 2.75) is 58.8 Å². The first-order chi connectivity index (χ1) is 13.7. The molecule has 0 atom stereocenters. The first kappa shape index (κ1) is 19.7. The Bertz CT molecular complexity index is 801. The van der Waals surface area contributed by atoms with Crippen LogP contribution in [0.25, 0.3) is 10.2 Å². The molecule has 0 unspecified atom stereocenters. The van der Waals surface area contributed by atoms with Gasteiger partial charge in [-0.25, -0.2) is 4.98 Å². The zero-order valence-electron chi connectivity index (χ0n) is 17.3. The van der Waals surface area contributed by atoms with E-state index >= 15 is 0 Å². The largest absolute Gasteiger partial charge is 0.345 e. The number of aromatic nitrogens is 1. The summed E-state index contributed by atoms with van der Waals surface area (Å²) in [5.41, 5.74) is 2.36. The molecule has 2 fully saturated rings. The maximum atomic E-state index is 13.0. The molecule has 0 spiro atoms. The number of amides is 1. The predicted molar refractivity (Wildman–Crippen MR) is 118 cm³/mol. The highest BCUT2D eigenvalue weighted by molar-refractivity contribution is 7.22. The van der Waals surface area contributed by atoms with Crippen molar-refractivity contribution < 1.29 is 4.79 Å². The molecule has 28 heavy (non-hydrogen) atoms. The van der Waals surface area contributed by atoms with Crippen molar-refractivity contribution >= 4 is 32.6 Å². The lowest BCUT2D eigenvalue weighted by Crippen LogP contribution is -2.50. The van der Waals surface area contributed by atoms with Crippen molar-refractivity contribution in [1.82, 2.24) is 9.88 Å². The minimum atomic E-state index is 0.273. The third-order valence-corrected chi connectivity index (χ3v) is 7.71. The summed E-state index contributed by atoms with van der Waals surface area (Å²) >= 11 is 1.77. The third kappa shape index (κ3) is 4.19. The van der Waals surface area contributed by atoms with Crippen LogP contribution >= 0.6 is 11.3 Å². The van der Waals surface area contributed by atoms with Crippen LogP contribution in [0.5, 0.6) is 0 Å². The Kier molecular flexibility index (Phi) is 6.19. The van der Waals surface area contributed by atoms with E-state index in [4.69, 9.17) is 4.98 Å². The highest BCUT2D eigenvalue weighted by Gasteiger charge is 2.31. The Morgan fingerprint density at radius 2 is 1.89 bits per heavy atom. The smallest absolute Gasteiger partial charge is 0.225 e. The summed E-state index contributed by atoms with van der Waals surface area (Å²) in [6.45, 7) is 7.86. The van der Waals surface area contributed by atoms with Crippen molar-refractivity contribution in [3.63, 3.8) is 0 Å². The van der Waals surface area contributed by atoms with Crippen LogP contribution in [0.1, 0.15) is 57.4 Å². The molecule has 1 aliphatic carbocycles. The fourth-order valence-corrected chi connectivity index (χ4v) is 5.87. The molecule has 4 nitrogen and oxygen atoms in total. The fraction of sp³-hybridized carbons (Fsp3) is 0.652. The summed E-state index contributed by atoms with van der Waals surface area (Å²) in [5, 5.41) is 1.10. The van der Waals surface area contributed by atoms with Crippen molar-refractivity contribution in [2.75, 3.05) is 31.1 Å². The maximum Gasteiger partial charge on any atom is 0.225 e. The van der Waals surface area contributed by atoms with Crippen LogP contribution in [-0.2, 0) is 4.79 Å². The van der Waals surface area contributed by atoms with Gasteiger partial charge in [0.1, 0.15) is 0 Å². The van der Waals surface area contributed by atoms with E-state index in [1.807, 2.05) is 0 Å². The number of para-hydroxylation sites is 1. The molecule has 2 heterocycles. The topological polar surface area (TPSA) is 36.4 Å². The van der Waals surface area contributed by atoms with Gasteiger partial charge in [-0.3, -0.25) is 4.79 Å². The maximum absolute atomic E-state index is 13.0. The number of aryl methyl sites for hydroxylation is 1. The second-order valence-corrected chi connectivity index (χ2v) is 9.60. The molecule has 1 aromatic heterocycles. The standard InChI is InChI=1S/C23H33N3OS/c1-3-4-7-18-9-11-19(12-10-18)22(27)25-13-15-26(16-14-25)23-24-21-17(2)6-5-8-20(21)28-23/h5-6,8,18-19H,3-4,7,9-16H2,1-2H3. The van der Waals surface area contributed by atoms with E-state index in [9.17, 15) is 4.79 Å². The number of benzene rings is 1. The number of thiazole rings is 1. The molecule has 0 bridgehead atoms. The van der Waals surface area contributed by atoms with Crippen LogP contribution in [-0.4, -0.2) is 42.0 Å². The van der Waals surface area contributed by atoms with Gasteiger partial charge >= 0.3 is 0 Å². The lowest BCUT2D eigenvalue weighted by atomic mass is 9.79. The average Bonchev–Trinajstić information content (AvgIpc) is 3.18. The summed E-state index contributed by atoms with van der Waals surface area (Å²) in [4.78, 5) is 22.3. The minimum absolute atomic E-state index is 0.273. The Morgan fingerprint density at radius 3 is 2.57 bits per heavy atom. The molecule has 1 amide bonds. The number of piperazine rings is 1. The molecule has 1 aliphatic heterocycles. The Morgan fingerprint density at radius 1 is 1.14 bits per heavy atom. The van der Waals surface area contributed by atoms with Crippen LogP contribution in [0.3, 0.4) is 0 Å². The summed E-state index contributed by atoms with van der Waals surface area (Å²) in [6.07, 6.45) is 8.70. The van der Waals surface area contributed by atoms with E-state index in [0.29, 0.717) is 5.91 Å². The van der Waals surface area contributed by atoms with E-state index in [2.05, 4.69) is 41.8 Å². The van der Waals surface area contributed by atoms with Gasteiger partial charge in [0.2, 0.25) is 5.91 Å². The summed E-state index contributed by atoms with van der Waals surface area (Å²) in [6, 6.07) is 6.38. The Balaban J connectivity index is 1.30. The van der Waals surface area contributed by atoms with Crippen molar-refractivity contribution in [3.05, 3.63) is 23.8 Å². The molecule has 5 heteroatoms. The highest BCUT2D eigenvalue weighted by Crippen LogP contribution is 2.34. The molecule has 4 rings (SSSR count). The van der Waals surface area contributed by atoms with Crippen LogP contribution in [0, 0.1) is 18.8 Å². The molecular formula is C23H33N3OS. The lowest BCUT2D eigenvalue weighted by Gasteiger charge is -2.37. The van der Waals surface area contributed by atoms with Gasteiger partial charge in [-0.05, 0) is 50.2 Å². The predicted octanol–water partition coefficient (Wildman–Crippen LogP) is 5.25. The van der Waals surface area contributed by atoms with E-state index in [-0.39, 0.29) is 5.92 Å². The SMILES string of the molecule is CCCCC1CCC(C(=O)N2CCN(c3nc4c(C)cccc4s3)CC2)CC1. The van der Waals surface area contributed by atoms with Gasteiger partial charge in [0, 0.05) is 32.1 Å². The summed E-state index contributed by atoms with van der Waals surface area (Å²) < 4.78 is 1.26. The first-order valence-electron chi connectivity index (χ1n) is 11.1. The molecule has 1 saturated carbocycles. The molecule has 0 radical (unpaired) electrons. The summed E-state index contributed by atoms with van der Waals surface area (Å²) in [5.74, 6) is 1.55. The first-order valence-corrected chi connectivity index (χ1v) is 11.9. The van der Waals surface area contributed by atoms with Crippen molar-refractivity contribution in [1.29, 1.82) is 0 Å².